The average Bonchev–Trinajstić information content (AvgIpc) is 3.08. The van der Waals surface area contributed by atoms with Crippen LogP contribution in [0.2, 0.25) is 0 Å². The van der Waals surface area contributed by atoms with Gasteiger partial charge in [0.05, 0.1) is 6.54 Å². The summed E-state index contributed by atoms with van der Waals surface area (Å²) in [6.07, 6.45) is 1.72. The molecule has 0 bridgehead atoms. The summed E-state index contributed by atoms with van der Waals surface area (Å²) in [5.41, 5.74) is 1.02. The van der Waals surface area contributed by atoms with Crippen molar-refractivity contribution in [2.24, 2.45) is 0 Å². The highest BCUT2D eigenvalue weighted by molar-refractivity contribution is 7.09. The van der Waals surface area contributed by atoms with Crippen molar-refractivity contribution in [3.8, 4) is 0 Å². The molecule has 0 unspecified atom stereocenters. The molecule has 1 amide bonds. The van der Waals surface area contributed by atoms with Gasteiger partial charge in [-0.3, -0.25) is 9.59 Å². The number of aromatic amines is 1. The van der Waals surface area contributed by atoms with Crippen molar-refractivity contribution in [3.05, 3.63) is 86.7 Å². The average molecular weight is 325 g/mol. The van der Waals surface area contributed by atoms with Gasteiger partial charge < -0.3 is 9.88 Å². The summed E-state index contributed by atoms with van der Waals surface area (Å²) in [6, 6.07) is 14.3. The number of amides is 1. The highest BCUT2D eigenvalue weighted by atomic mass is 32.1. The Morgan fingerprint density at radius 3 is 2.61 bits per heavy atom. The minimum absolute atomic E-state index is 0.221. The molecule has 23 heavy (non-hydrogen) atoms. The van der Waals surface area contributed by atoms with Crippen molar-refractivity contribution in [2.75, 3.05) is 0 Å². The molecule has 2 aromatic heterocycles. The van der Waals surface area contributed by atoms with Crippen LogP contribution in [0.5, 0.6) is 0 Å². The summed E-state index contributed by atoms with van der Waals surface area (Å²) in [5.74, 6) is -0.221. The normalized spacial score (nSPS) is 10.4. The second kappa shape index (κ2) is 7.02. The lowest BCUT2D eigenvalue weighted by molar-refractivity contribution is 0.0723. The third-order valence-corrected chi connectivity index (χ3v) is 4.08. The van der Waals surface area contributed by atoms with E-state index in [4.69, 9.17) is 0 Å². The Bertz CT molecular complexity index is 828. The highest BCUT2D eigenvalue weighted by Gasteiger charge is 2.18. The molecule has 0 fully saturated rings. The third-order valence-electron chi connectivity index (χ3n) is 3.31. The fourth-order valence-corrected chi connectivity index (χ4v) is 2.87. The maximum Gasteiger partial charge on any atom is 0.271 e. The van der Waals surface area contributed by atoms with Gasteiger partial charge in [-0.05, 0) is 11.6 Å². The Kier molecular flexibility index (Phi) is 4.63. The van der Waals surface area contributed by atoms with Crippen LogP contribution in [-0.2, 0) is 13.1 Å². The second-order valence-electron chi connectivity index (χ2n) is 5.00. The molecule has 0 aliphatic rings. The molecule has 0 atom stereocenters. The first-order valence-electron chi connectivity index (χ1n) is 7.13. The number of hydrogen-bond donors (Lipinski definition) is 1. The van der Waals surface area contributed by atoms with Gasteiger partial charge in [0.15, 0.2) is 0 Å². The molecule has 6 heteroatoms. The van der Waals surface area contributed by atoms with E-state index < -0.39 is 0 Å². The number of thiazole rings is 1. The Morgan fingerprint density at radius 1 is 1.09 bits per heavy atom. The fourth-order valence-electron chi connectivity index (χ4n) is 2.24. The predicted octanol–water partition coefficient (Wildman–Crippen LogP) is 2.67. The SMILES string of the molecule is O=C(c1cccc(=O)[nH]1)N(Cc1ccccc1)Cc1nccs1. The van der Waals surface area contributed by atoms with E-state index >= 15 is 0 Å². The molecule has 1 N–H and O–H groups in total. The van der Waals surface area contributed by atoms with Crippen LogP contribution in [0.4, 0.5) is 0 Å². The molecule has 0 saturated carbocycles. The molecule has 0 spiro atoms. The van der Waals surface area contributed by atoms with Crippen molar-refractivity contribution in [1.82, 2.24) is 14.9 Å². The van der Waals surface area contributed by atoms with Crippen molar-refractivity contribution >= 4 is 17.2 Å². The Hall–Kier alpha value is -2.73. The molecular formula is C17H15N3O2S. The molecule has 3 rings (SSSR count). The van der Waals surface area contributed by atoms with E-state index in [0.29, 0.717) is 13.1 Å². The van der Waals surface area contributed by atoms with E-state index in [1.54, 1.807) is 23.2 Å². The quantitative estimate of drug-likeness (QED) is 0.784. The molecule has 0 aliphatic carbocycles. The van der Waals surface area contributed by atoms with Crippen LogP contribution in [-0.4, -0.2) is 20.8 Å². The van der Waals surface area contributed by atoms with Gasteiger partial charge in [-0.2, -0.15) is 0 Å². The van der Waals surface area contributed by atoms with Crippen molar-refractivity contribution < 1.29 is 4.79 Å². The largest absolute Gasteiger partial charge is 0.326 e. The first-order chi connectivity index (χ1) is 11.2. The van der Waals surface area contributed by atoms with Crippen molar-refractivity contribution in [2.45, 2.75) is 13.1 Å². The number of pyridine rings is 1. The van der Waals surface area contributed by atoms with Gasteiger partial charge in [-0.1, -0.05) is 36.4 Å². The summed E-state index contributed by atoms with van der Waals surface area (Å²) < 4.78 is 0. The van der Waals surface area contributed by atoms with Gasteiger partial charge in [-0.25, -0.2) is 4.98 Å². The summed E-state index contributed by atoms with van der Waals surface area (Å²) in [6.45, 7) is 0.860. The number of carbonyl (C=O) groups is 1. The zero-order valence-electron chi connectivity index (χ0n) is 12.3. The zero-order valence-corrected chi connectivity index (χ0v) is 13.1. The van der Waals surface area contributed by atoms with E-state index in [9.17, 15) is 9.59 Å². The maximum absolute atomic E-state index is 12.8. The highest BCUT2D eigenvalue weighted by Crippen LogP contribution is 2.14. The van der Waals surface area contributed by atoms with Gasteiger partial charge in [-0.15, -0.1) is 11.3 Å². The number of benzene rings is 1. The lowest BCUT2D eigenvalue weighted by Crippen LogP contribution is -2.31. The summed E-state index contributed by atoms with van der Waals surface area (Å²) in [4.78, 5) is 32.7. The molecule has 3 aromatic rings. The van der Waals surface area contributed by atoms with Crippen LogP contribution in [0.3, 0.4) is 0 Å². The van der Waals surface area contributed by atoms with Crippen LogP contribution in [0, 0.1) is 0 Å². The van der Waals surface area contributed by atoms with Gasteiger partial charge in [0, 0.05) is 24.2 Å². The monoisotopic (exact) mass is 325 g/mol. The second-order valence-corrected chi connectivity index (χ2v) is 5.98. The Balaban J connectivity index is 1.87. The number of H-pyrrole nitrogens is 1. The van der Waals surface area contributed by atoms with E-state index in [2.05, 4.69) is 9.97 Å². The predicted molar refractivity (Wildman–Crippen MR) is 89.2 cm³/mol. The minimum Gasteiger partial charge on any atom is -0.326 e. The molecular weight excluding hydrogens is 310 g/mol. The lowest BCUT2D eigenvalue weighted by Gasteiger charge is -2.21. The van der Waals surface area contributed by atoms with Crippen LogP contribution in [0.25, 0.3) is 0 Å². The number of nitrogens with zero attached hydrogens (tertiary/aromatic N) is 2. The summed E-state index contributed by atoms with van der Waals surface area (Å²) in [7, 11) is 0. The van der Waals surface area contributed by atoms with Crippen LogP contribution in [0.1, 0.15) is 21.1 Å². The number of nitrogens with one attached hydrogen (secondary N) is 1. The van der Waals surface area contributed by atoms with Crippen molar-refractivity contribution in [1.29, 1.82) is 0 Å². The topological polar surface area (TPSA) is 66.1 Å². The molecule has 0 aliphatic heterocycles. The molecule has 116 valence electrons. The summed E-state index contributed by atoms with van der Waals surface area (Å²) >= 11 is 1.50. The van der Waals surface area contributed by atoms with Gasteiger partial charge >= 0.3 is 0 Å². The van der Waals surface area contributed by atoms with Gasteiger partial charge in [0.2, 0.25) is 5.56 Å². The number of aromatic nitrogens is 2. The smallest absolute Gasteiger partial charge is 0.271 e. The van der Waals surface area contributed by atoms with Crippen LogP contribution in [0.15, 0.2) is 64.9 Å². The van der Waals surface area contributed by atoms with Crippen LogP contribution < -0.4 is 5.56 Å². The Labute approximate surface area is 137 Å². The minimum atomic E-state index is -0.287. The first-order valence-corrected chi connectivity index (χ1v) is 8.01. The first kappa shape index (κ1) is 15.2. The van der Waals surface area contributed by atoms with E-state index in [1.165, 1.54) is 17.4 Å². The lowest BCUT2D eigenvalue weighted by atomic mass is 10.2. The van der Waals surface area contributed by atoms with Crippen molar-refractivity contribution in [3.63, 3.8) is 0 Å². The number of carbonyl (C=O) groups excluding carboxylic acids is 1. The van der Waals surface area contributed by atoms with E-state index in [0.717, 1.165) is 10.6 Å². The standard InChI is InChI=1S/C17H15N3O2S/c21-15-8-4-7-14(19-15)17(22)20(12-16-18-9-10-23-16)11-13-5-2-1-3-6-13/h1-10H,11-12H2,(H,19,21). The molecule has 1 aromatic carbocycles. The molecule has 0 saturated heterocycles. The van der Waals surface area contributed by atoms with E-state index in [1.807, 2.05) is 35.7 Å². The zero-order chi connectivity index (χ0) is 16.1. The molecule has 5 nitrogen and oxygen atoms in total. The number of hydrogen-bond acceptors (Lipinski definition) is 4. The summed E-state index contributed by atoms with van der Waals surface area (Å²) in [5, 5.41) is 2.73. The van der Waals surface area contributed by atoms with Gasteiger partial charge in [0.25, 0.3) is 5.91 Å². The number of rotatable bonds is 5. The molecule has 0 radical (unpaired) electrons. The van der Waals surface area contributed by atoms with E-state index in [-0.39, 0.29) is 17.2 Å². The third kappa shape index (κ3) is 3.92. The Morgan fingerprint density at radius 2 is 1.91 bits per heavy atom. The maximum atomic E-state index is 12.8. The molecule has 2 heterocycles. The van der Waals surface area contributed by atoms with Crippen LogP contribution >= 0.6 is 11.3 Å². The van der Waals surface area contributed by atoms with Gasteiger partial charge in [0.1, 0.15) is 10.7 Å². The fraction of sp³-hybridized carbons (Fsp3) is 0.118.